The number of nitrogens with one attached hydrogen (secondary N) is 3. The van der Waals surface area contributed by atoms with E-state index < -0.39 is 60.2 Å². The van der Waals surface area contributed by atoms with Gasteiger partial charge in [0.2, 0.25) is 23.6 Å². The Morgan fingerprint density at radius 1 is 0.935 bits per heavy atom. The van der Waals surface area contributed by atoms with Crippen LogP contribution in [0.2, 0.25) is 0 Å². The van der Waals surface area contributed by atoms with Gasteiger partial charge in [0.1, 0.15) is 18.1 Å². The van der Waals surface area contributed by atoms with Crippen molar-refractivity contribution >= 4 is 42.2 Å². The van der Waals surface area contributed by atoms with Gasteiger partial charge in [0, 0.05) is 5.75 Å². The highest BCUT2D eigenvalue weighted by Gasteiger charge is 2.32. The van der Waals surface area contributed by atoms with Crippen molar-refractivity contribution in [2.24, 2.45) is 23.3 Å². The normalized spacial score (nSPS) is 15.8. The van der Waals surface area contributed by atoms with Crippen LogP contribution in [0.1, 0.15) is 47.0 Å². The standard InChI is InChI=1S/C19H35N5O6S/c1-5-10(4)15(18(28)22-12(19(29)30)7-14(21)25)24-17(27)13(8-31)23-16(26)11(20)6-9(2)3/h9-13,15,31H,5-8,20H2,1-4H3,(H2,21,25)(H,22,28)(H,23,26)(H,24,27)(H,29,30). The SMILES string of the molecule is CCC(C)C(NC(=O)C(CS)NC(=O)C(N)CC(C)C)C(=O)NC(CC(N)=O)C(=O)O. The maximum atomic E-state index is 12.7. The lowest BCUT2D eigenvalue weighted by Crippen LogP contribution is -2.59. The highest BCUT2D eigenvalue weighted by Crippen LogP contribution is 2.10. The molecule has 0 aromatic heterocycles. The van der Waals surface area contributed by atoms with E-state index in [0.29, 0.717) is 12.8 Å². The number of carbonyl (C=O) groups excluding carboxylic acids is 4. The molecule has 0 fully saturated rings. The van der Waals surface area contributed by atoms with Crippen molar-refractivity contribution in [3.8, 4) is 0 Å². The van der Waals surface area contributed by atoms with Crippen LogP contribution in [0.5, 0.6) is 0 Å². The molecule has 11 nitrogen and oxygen atoms in total. The number of amides is 4. The summed E-state index contributed by atoms with van der Waals surface area (Å²) in [6.07, 6.45) is 0.329. The number of carboxylic acids is 1. The molecule has 0 rings (SSSR count). The number of rotatable bonds is 14. The highest BCUT2D eigenvalue weighted by atomic mass is 32.1. The summed E-state index contributed by atoms with van der Waals surface area (Å²) < 4.78 is 0. The van der Waals surface area contributed by atoms with Gasteiger partial charge in [-0.3, -0.25) is 19.2 Å². The quantitative estimate of drug-likeness (QED) is 0.157. The van der Waals surface area contributed by atoms with Crippen LogP contribution in [-0.2, 0) is 24.0 Å². The molecule has 0 saturated carbocycles. The van der Waals surface area contributed by atoms with Gasteiger partial charge in [-0.1, -0.05) is 34.1 Å². The third kappa shape index (κ3) is 10.5. The maximum absolute atomic E-state index is 12.7. The third-order valence-electron chi connectivity index (χ3n) is 4.69. The lowest BCUT2D eigenvalue weighted by molar-refractivity contribution is -0.144. The van der Waals surface area contributed by atoms with Crippen molar-refractivity contribution in [1.82, 2.24) is 16.0 Å². The fraction of sp³-hybridized carbons (Fsp3) is 0.737. The average Bonchev–Trinajstić information content (AvgIpc) is 2.67. The first-order valence-electron chi connectivity index (χ1n) is 10.1. The van der Waals surface area contributed by atoms with E-state index in [9.17, 15) is 29.1 Å². The molecular formula is C19H35N5O6S. The van der Waals surface area contributed by atoms with Gasteiger partial charge >= 0.3 is 5.97 Å². The third-order valence-corrected chi connectivity index (χ3v) is 5.06. The minimum atomic E-state index is -1.53. The number of nitrogens with two attached hydrogens (primary N) is 2. The number of primary amides is 1. The molecule has 0 heterocycles. The highest BCUT2D eigenvalue weighted by molar-refractivity contribution is 7.80. The Balaban J connectivity index is 5.33. The topological polar surface area (TPSA) is 194 Å². The molecule has 4 amide bonds. The van der Waals surface area contributed by atoms with Crippen LogP contribution in [0.25, 0.3) is 0 Å². The Morgan fingerprint density at radius 3 is 1.90 bits per heavy atom. The summed E-state index contributed by atoms with van der Waals surface area (Å²) in [4.78, 5) is 60.0. The minimum Gasteiger partial charge on any atom is -0.480 e. The zero-order valence-corrected chi connectivity index (χ0v) is 19.3. The lowest BCUT2D eigenvalue weighted by atomic mass is 9.97. The van der Waals surface area contributed by atoms with E-state index in [2.05, 4.69) is 28.6 Å². The van der Waals surface area contributed by atoms with E-state index in [1.165, 1.54) is 0 Å². The number of carboxylic acid groups (broad SMARTS) is 1. The molecule has 0 aromatic carbocycles. The molecule has 0 aliphatic carbocycles. The van der Waals surface area contributed by atoms with E-state index in [-0.39, 0.29) is 17.6 Å². The van der Waals surface area contributed by atoms with Crippen LogP contribution < -0.4 is 27.4 Å². The van der Waals surface area contributed by atoms with Crippen molar-refractivity contribution in [2.45, 2.75) is 71.1 Å². The Kier molecular flexibility index (Phi) is 12.8. The number of hydrogen-bond donors (Lipinski definition) is 7. The van der Waals surface area contributed by atoms with Crippen molar-refractivity contribution in [3.63, 3.8) is 0 Å². The second kappa shape index (κ2) is 13.9. The molecule has 5 unspecified atom stereocenters. The van der Waals surface area contributed by atoms with Gasteiger partial charge in [-0.15, -0.1) is 0 Å². The molecule has 5 atom stereocenters. The van der Waals surface area contributed by atoms with E-state index >= 15 is 0 Å². The van der Waals surface area contributed by atoms with Gasteiger partial charge < -0.3 is 32.5 Å². The monoisotopic (exact) mass is 461 g/mol. The number of carbonyl (C=O) groups is 5. The summed E-state index contributed by atoms with van der Waals surface area (Å²) in [5.41, 5.74) is 10.9. The first-order chi connectivity index (χ1) is 14.3. The van der Waals surface area contributed by atoms with Gasteiger partial charge in [0.25, 0.3) is 0 Å². The molecular weight excluding hydrogens is 426 g/mol. The molecule has 0 aliphatic rings. The zero-order chi connectivity index (χ0) is 24.3. The van der Waals surface area contributed by atoms with Crippen LogP contribution in [-0.4, -0.2) is 64.6 Å². The molecule has 12 heteroatoms. The molecule has 8 N–H and O–H groups in total. The molecule has 178 valence electrons. The van der Waals surface area contributed by atoms with Gasteiger partial charge in [-0.2, -0.15) is 12.6 Å². The molecule has 0 radical (unpaired) electrons. The largest absolute Gasteiger partial charge is 0.480 e. The van der Waals surface area contributed by atoms with Crippen LogP contribution >= 0.6 is 12.6 Å². The first-order valence-corrected chi connectivity index (χ1v) is 10.8. The Hall–Kier alpha value is -2.34. The summed E-state index contributed by atoms with van der Waals surface area (Å²) in [7, 11) is 0. The van der Waals surface area contributed by atoms with Crippen molar-refractivity contribution < 1.29 is 29.1 Å². The molecule has 0 aromatic rings. The van der Waals surface area contributed by atoms with Gasteiger partial charge in [0.15, 0.2) is 0 Å². The second-order valence-electron chi connectivity index (χ2n) is 7.92. The smallest absolute Gasteiger partial charge is 0.326 e. The van der Waals surface area contributed by atoms with Gasteiger partial charge in [-0.05, 0) is 18.3 Å². The fourth-order valence-corrected chi connectivity index (χ4v) is 2.96. The summed E-state index contributed by atoms with van der Waals surface area (Å²) >= 11 is 4.09. The predicted octanol–water partition coefficient (Wildman–Crippen LogP) is -1.25. The Labute approximate surface area is 187 Å². The van der Waals surface area contributed by atoms with Crippen LogP contribution in [0.3, 0.4) is 0 Å². The molecule has 31 heavy (non-hydrogen) atoms. The molecule has 0 saturated heterocycles. The Bertz CT molecular complexity index is 660. The van der Waals surface area contributed by atoms with Crippen LogP contribution in [0.4, 0.5) is 0 Å². The average molecular weight is 462 g/mol. The summed E-state index contributed by atoms with van der Waals surface area (Å²) in [6.45, 7) is 7.31. The second-order valence-corrected chi connectivity index (χ2v) is 8.29. The predicted molar refractivity (Wildman–Crippen MR) is 118 cm³/mol. The number of hydrogen-bond acceptors (Lipinski definition) is 7. The summed E-state index contributed by atoms with van der Waals surface area (Å²) in [5, 5.41) is 16.5. The van der Waals surface area contributed by atoms with E-state index in [4.69, 9.17) is 11.5 Å². The molecule has 0 aliphatic heterocycles. The summed E-state index contributed by atoms with van der Waals surface area (Å²) in [6, 6.07) is -4.47. The number of thiol groups is 1. The van der Waals surface area contributed by atoms with Gasteiger partial charge in [0.05, 0.1) is 12.5 Å². The minimum absolute atomic E-state index is 0.0414. The Morgan fingerprint density at radius 2 is 1.48 bits per heavy atom. The van der Waals surface area contributed by atoms with E-state index in [0.717, 1.165) is 0 Å². The lowest BCUT2D eigenvalue weighted by Gasteiger charge is -2.27. The summed E-state index contributed by atoms with van der Waals surface area (Å²) in [5.74, 6) is -4.51. The van der Waals surface area contributed by atoms with Crippen molar-refractivity contribution in [2.75, 3.05) is 5.75 Å². The van der Waals surface area contributed by atoms with Crippen LogP contribution in [0.15, 0.2) is 0 Å². The van der Waals surface area contributed by atoms with Crippen molar-refractivity contribution in [1.29, 1.82) is 0 Å². The van der Waals surface area contributed by atoms with E-state index in [1.807, 2.05) is 13.8 Å². The molecule has 0 spiro atoms. The van der Waals surface area contributed by atoms with E-state index in [1.54, 1.807) is 13.8 Å². The zero-order valence-electron chi connectivity index (χ0n) is 18.4. The maximum Gasteiger partial charge on any atom is 0.326 e. The fourth-order valence-electron chi connectivity index (χ4n) is 2.71. The van der Waals surface area contributed by atoms with Gasteiger partial charge in [-0.25, -0.2) is 4.79 Å². The first kappa shape index (κ1) is 28.7. The number of aliphatic carboxylic acids is 1. The van der Waals surface area contributed by atoms with Crippen LogP contribution in [0, 0.1) is 11.8 Å². The molecule has 0 bridgehead atoms. The van der Waals surface area contributed by atoms with Crippen molar-refractivity contribution in [3.05, 3.63) is 0 Å².